The van der Waals surface area contributed by atoms with Crippen LogP contribution in [0.3, 0.4) is 0 Å². The van der Waals surface area contributed by atoms with Crippen LogP contribution in [0.4, 0.5) is 65.9 Å². The molecule has 0 saturated carbocycles. The van der Waals surface area contributed by atoms with E-state index in [1.165, 1.54) is 13.8 Å². The van der Waals surface area contributed by atoms with Crippen LogP contribution < -0.4 is 0 Å². The van der Waals surface area contributed by atoms with E-state index in [0.29, 0.717) is 6.08 Å². The number of alkyl halides is 15. The second kappa shape index (κ2) is 7.69. The molecule has 0 N–H and O–H groups in total. The third-order valence-corrected chi connectivity index (χ3v) is 3.29. The topological polar surface area (TPSA) is 26.3 Å². The van der Waals surface area contributed by atoms with E-state index in [1.807, 2.05) is 0 Å². The lowest BCUT2D eigenvalue weighted by Gasteiger charge is -2.40. The first-order valence-electron chi connectivity index (χ1n) is 6.98. The summed E-state index contributed by atoms with van der Waals surface area (Å²) >= 11 is 0. The van der Waals surface area contributed by atoms with Crippen LogP contribution in [0.25, 0.3) is 0 Å². The van der Waals surface area contributed by atoms with E-state index in [2.05, 4.69) is 4.74 Å². The lowest BCUT2D eigenvalue weighted by Crippen LogP contribution is -2.73. The number of esters is 1. The fourth-order valence-corrected chi connectivity index (χ4v) is 1.47. The highest BCUT2D eigenvalue weighted by Crippen LogP contribution is 2.62. The van der Waals surface area contributed by atoms with Crippen LogP contribution in [-0.2, 0) is 9.53 Å². The van der Waals surface area contributed by atoms with E-state index in [0.717, 1.165) is 0 Å². The molecule has 0 aliphatic rings. The molecule has 17 heteroatoms. The molecule has 0 rings (SSSR count). The summed E-state index contributed by atoms with van der Waals surface area (Å²) in [5, 5.41) is 0. The van der Waals surface area contributed by atoms with Crippen molar-refractivity contribution in [2.45, 2.75) is 55.6 Å². The van der Waals surface area contributed by atoms with Crippen molar-refractivity contribution in [1.29, 1.82) is 0 Å². The fourth-order valence-electron chi connectivity index (χ4n) is 1.47. The van der Waals surface area contributed by atoms with E-state index < -0.39 is 54.3 Å². The summed E-state index contributed by atoms with van der Waals surface area (Å²) < 4.78 is 197. The zero-order valence-corrected chi connectivity index (χ0v) is 14.3. The van der Waals surface area contributed by atoms with Crippen molar-refractivity contribution in [3.05, 3.63) is 11.6 Å². The molecule has 0 aromatic heterocycles. The van der Waals surface area contributed by atoms with Gasteiger partial charge in [0.25, 0.3) is 0 Å². The minimum absolute atomic E-state index is 0.170. The molecule has 0 heterocycles. The zero-order valence-electron chi connectivity index (χ0n) is 14.3. The Morgan fingerprint density at radius 2 is 0.967 bits per heavy atom. The molecule has 0 aromatic carbocycles. The second-order valence-electron chi connectivity index (χ2n) is 5.82. The summed E-state index contributed by atoms with van der Waals surface area (Å²) in [7, 11) is 0. The molecule has 0 aromatic rings. The normalized spacial score (nSPS) is 15.1. The van der Waals surface area contributed by atoms with Crippen molar-refractivity contribution in [3.8, 4) is 0 Å². The summed E-state index contributed by atoms with van der Waals surface area (Å²) in [5.74, 6) is -51.8. The van der Waals surface area contributed by atoms with Crippen molar-refractivity contribution in [2.75, 3.05) is 6.61 Å². The molecule has 30 heavy (non-hydrogen) atoms. The van der Waals surface area contributed by atoms with Crippen molar-refractivity contribution in [2.24, 2.45) is 0 Å². The largest absolute Gasteiger partial charge is 0.460 e. The molecular formula is C13H9F15O2. The summed E-state index contributed by atoms with van der Waals surface area (Å²) in [4.78, 5) is 10.9. The highest BCUT2D eigenvalue weighted by atomic mass is 19.4. The van der Waals surface area contributed by atoms with Crippen LogP contribution in [0.15, 0.2) is 11.6 Å². The summed E-state index contributed by atoms with van der Waals surface area (Å²) in [5.41, 5.74) is 0.170. The van der Waals surface area contributed by atoms with Gasteiger partial charge in [-0.15, -0.1) is 0 Å². The standard InChI is InChI=1S/C13H9F15O2/c1-5(2)3-4-30-6(29)7(14,15)8(16,17)9(18,19)10(20,21)11(22,23)12(24,25)13(26,27)28/h3H,4H2,1-2H3. The lowest BCUT2D eigenvalue weighted by molar-refractivity contribution is -0.450. The maximum atomic E-state index is 13.4. The van der Waals surface area contributed by atoms with Crippen molar-refractivity contribution in [3.63, 3.8) is 0 Å². The summed E-state index contributed by atoms with van der Waals surface area (Å²) in [6.45, 7) is 1.12. The number of carbonyl (C=O) groups excluding carboxylic acids is 1. The van der Waals surface area contributed by atoms with Crippen molar-refractivity contribution < 1.29 is 75.4 Å². The molecule has 2 nitrogen and oxygen atoms in total. The lowest BCUT2D eigenvalue weighted by atomic mass is 9.91. The first-order valence-corrected chi connectivity index (χ1v) is 6.98. The average molecular weight is 482 g/mol. The van der Waals surface area contributed by atoms with E-state index in [-0.39, 0.29) is 5.57 Å². The number of hydrogen-bond donors (Lipinski definition) is 0. The Balaban J connectivity index is 6.35. The molecule has 0 atom stereocenters. The molecule has 0 fully saturated rings. The Kier molecular flexibility index (Phi) is 7.22. The first kappa shape index (κ1) is 28.2. The van der Waals surface area contributed by atoms with Crippen LogP contribution >= 0.6 is 0 Å². The van der Waals surface area contributed by atoms with Crippen molar-refractivity contribution in [1.82, 2.24) is 0 Å². The minimum atomic E-state index is -8.44. The van der Waals surface area contributed by atoms with Gasteiger partial charge in [-0.05, 0) is 19.9 Å². The Labute approximate surface area is 156 Å². The minimum Gasteiger partial charge on any atom is -0.457 e. The molecule has 0 amide bonds. The maximum absolute atomic E-state index is 13.4. The predicted molar refractivity (Wildman–Crippen MR) is 66.1 cm³/mol. The smallest absolute Gasteiger partial charge is 0.457 e. The third kappa shape index (κ3) is 4.02. The number of halogens is 15. The Morgan fingerprint density at radius 1 is 0.633 bits per heavy atom. The Hall–Kier alpha value is -1.84. The summed E-state index contributed by atoms with van der Waals surface area (Å²) in [6.07, 6.45) is -6.98. The average Bonchev–Trinajstić information content (AvgIpc) is 2.52. The quantitative estimate of drug-likeness (QED) is 0.246. The van der Waals surface area contributed by atoms with Gasteiger partial charge in [-0.1, -0.05) is 5.57 Å². The highest BCUT2D eigenvalue weighted by molar-refractivity contribution is 5.79. The van der Waals surface area contributed by atoms with Gasteiger partial charge in [0.1, 0.15) is 6.61 Å². The van der Waals surface area contributed by atoms with Crippen LogP contribution in [0, 0.1) is 0 Å². The molecule has 0 saturated heterocycles. The zero-order chi connectivity index (χ0) is 24.8. The number of allylic oxidation sites excluding steroid dienone is 1. The van der Waals surface area contributed by atoms with Gasteiger partial charge in [0.15, 0.2) is 0 Å². The van der Waals surface area contributed by atoms with Gasteiger partial charge in [-0.3, -0.25) is 0 Å². The van der Waals surface area contributed by atoms with E-state index >= 15 is 0 Å². The molecule has 0 aliphatic heterocycles. The molecule has 0 radical (unpaired) electrons. The van der Waals surface area contributed by atoms with Crippen LogP contribution in [-0.4, -0.2) is 54.3 Å². The Bertz CT molecular complexity index is 671. The van der Waals surface area contributed by atoms with E-state index in [9.17, 15) is 70.7 Å². The van der Waals surface area contributed by atoms with Gasteiger partial charge in [-0.25, -0.2) is 4.79 Å². The van der Waals surface area contributed by atoms with Crippen LogP contribution in [0.2, 0.25) is 0 Å². The Morgan fingerprint density at radius 3 is 1.30 bits per heavy atom. The predicted octanol–water partition coefficient (Wildman–Crippen LogP) is 5.87. The number of hydrogen-bond acceptors (Lipinski definition) is 2. The SMILES string of the molecule is CC(C)=CCOC(=O)C(F)(F)C(F)(F)C(F)(F)C(F)(F)C(F)(F)C(F)(F)C(F)(F)F. The molecule has 0 spiro atoms. The maximum Gasteiger partial charge on any atom is 0.460 e. The molecule has 178 valence electrons. The van der Waals surface area contributed by atoms with Gasteiger partial charge in [-0.2, -0.15) is 65.9 Å². The summed E-state index contributed by atoms with van der Waals surface area (Å²) in [6, 6.07) is 0. The molecule has 0 bridgehead atoms. The number of carbonyl (C=O) groups is 1. The van der Waals surface area contributed by atoms with Crippen molar-refractivity contribution >= 4 is 5.97 Å². The van der Waals surface area contributed by atoms with Crippen LogP contribution in [0.5, 0.6) is 0 Å². The van der Waals surface area contributed by atoms with E-state index in [1.54, 1.807) is 0 Å². The second-order valence-corrected chi connectivity index (χ2v) is 5.82. The van der Waals surface area contributed by atoms with Crippen LogP contribution in [0.1, 0.15) is 13.8 Å². The fraction of sp³-hybridized carbons (Fsp3) is 0.769. The number of ether oxygens (including phenoxy) is 1. The van der Waals surface area contributed by atoms with Gasteiger partial charge in [0.2, 0.25) is 0 Å². The van der Waals surface area contributed by atoms with Gasteiger partial charge < -0.3 is 4.74 Å². The molecule has 0 unspecified atom stereocenters. The third-order valence-electron chi connectivity index (χ3n) is 3.29. The monoisotopic (exact) mass is 482 g/mol. The van der Waals surface area contributed by atoms with Gasteiger partial charge in [0.05, 0.1) is 0 Å². The first-order chi connectivity index (χ1) is 12.8. The van der Waals surface area contributed by atoms with Gasteiger partial charge >= 0.3 is 47.7 Å². The van der Waals surface area contributed by atoms with E-state index in [4.69, 9.17) is 0 Å². The van der Waals surface area contributed by atoms with Gasteiger partial charge in [0, 0.05) is 0 Å². The molecule has 0 aliphatic carbocycles. The highest BCUT2D eigenvalue weighted by Gasteiger charge is 2.94. The molecular weight excluding hydrogens is 473 g/mol. The number of rotatable bonds is 8.